The third-order valence-electron chi connectivity index (χ3n) is 10.5. The lowest BCUT2D eigenvalue weighted by molar-refractivity contribution is -0.122. The molecule has 5 rings (SSSR count). The molecule has 5 aromatic rings. The second-order valence-corrected chi connectivity index (χ2v) is 15.8. The number of aromatic hydroxyl groups is 1. The molecule has 0 aliphatic carbocycles. The number of imidazole rings is 1. The van der Waals surface area contributed by atoms with E-state index in [4.69, 9.17) is 39.9 Å². The number of aryl methyl sites for hydroxylation is 1. The van der Waals surface area contributed by atoms with Crippen LogP contribution in [-0.2, 0) is 46.2 Å². The summed E-state index contributed by atoms with van der Waals surface area (Å²) in [5, 5.41) is 27.1. The number of anilines is 1. The van der Waals surface area contributed by atoms with Gasteiger partial charge >= 0.3 is 0 Å². The van der Waals surface area contributed by atoms with Crippen molar-refractivity contribution in [2.45, 2.75) is 38.6 Å². The Morgan fingerprint density at radius 2 is 1.29 bits per heavy atom. The fourth-order valence-corrected chi connectivity index (χ4v) is 6.79. The van der Waals surface area contributed by atoms with E-state index in [0.717, 1.165) is 35.9 Å². The number of carbonyl (C=O) groups excluding carboxylic acids is 3. The minimum absolute atomic E-state index is 0.0265. The number of fused-ring (bicyclic) bond motifs is 1. The van der Waals surface area contributed by atoms with Crippen LogP contribution in [-0.4, -0.2) is 131 Å². The standard InChI is InChI=1S/C51H67N9O10/c1-38(53)41-8-7-9-42(37-41)50(64)57-51-56-44-10-3-4-11-46(44)60(51)23-6-2-5-21-54-48(62)19-24-65-26-28-67-30-32-69-34-35-70-33-31-68-29-27-66-25-22-55-49(63)40-13-15-43(16-14-40)58-59-45-36-39(18-20-52)12-17-47(45)61/h3-4,7-17,36-37,61H,1-2,5-6,18-35,52-53H2,(H,54,62)(H,55,63)(H,56,57,64). The minimum Gasteiger partial charge on any atom is -0.506 e. The maximum absolute atomic E-state index is 13.1. The van der Waals surface area contributed by atoms with Gasteiger partial charge in [0.1, 0.15) is 11.4 Å². The fraction of sp³-hybridized carbons (Fsp3) is 0.412. The van der Waals surface area contributed by atoms with Crippen LogP contribution in [0.5, 0.6) is 5.75 Å². The highest BCUT2D eigenvalue weighted by molar-refractivity contribution is 6.04. The Bertz CT molecular complexity index is 2410. The number of carbonyl (C=O) groups is 3. The highest BCUT2D eigenvalue weighted by atomic mass is 16.6. The van der Waals surface area contributed by atoms with Crippen LogP contribution in [0.25, 0.3) is 16.7 Å². The van der Waals surface area contributed by atoms with Crippen molar-refractivity contribution in [1.29, 1.82) is 0 Å². The molecule has 0 aliphatic heterocycles. The summed E-state index contributed by atoms with van der Waals surface area (Å²) in [5.41, 5.74) is 17.0. The second-order valence-electron chi connectivity index (χ2n) is 15.8. The molecular formula is C51H67N9O10. The zero-order valence-corrected chi connectivity index (χ0v) is 39.8. The second kappa shape index (κ2) is 31.5. The van der Waals surface area contributed by atoms with Crippen molar-refractivity contribution in [2.75, 3.05) is 104 Å². The molecule has 1 heterocycles. The van der Waals surface area contributed by atoms with E-state index in [1.165, 1.54) is 0 Å². The van der Waals surface area contributed by atoms with E-state index in [0.29, 0.717) is 152 Å². The summed E-state index contributed by atoms with van der Waals surface area (Å²) in [7, 11) is 0. The molecule has 4 aromatic carbocycles. The van der Waals surface area contributed by atoms with E-state index < -0.39 is 0 Å². The highest BCUT2D eigenvalue weighted by Gasteiger charge is 2.15. The molecule has 1 aromatic heterocycles. The van der Waals surface area contributed by atoms with Gasteiger partial charge in [0.25, 0.3) is 11.8 Å². The van der Waals surface area contributed by atoms with E-state index in [1.54, 1.807) is 66.7 Å². The van der Waals surface area contributed by atoms with Crippen LogP contribution >= 0.6 is 0 Å². The summed E-state index contributed by atoms with van der Waals surface area (Å²) < 4.78 is 35.2. The molecule has 0 spiro atoms. The summed E-state index contributed by atoms with van der Waals surface area (Å²) in [5.74, 6) is -0.0746. The van der Waals surface area contributed by atoms with Gasteiger partial charge in [0.2, 0.25) is 11.9 Å². The van der Waals surface area contributed by atoms with Crippen molar-refractivity contribution >= 4 is 51.8 Å². The Morgan fingerprint density at radius 3 is 1.96 bits per heavy atom. The van der Waals surface area contributed by atoms with Gasteiger partial charge in [0.05, 0.1) is 96.0 Å². The van der Waals surface area contributed by atoms with Crippen molar-refractivity contribution in [3.05, 3.63) is 120 Å². The molecule has 3 amide bonds. The first-order valence-electron chi connectivity index (χ1n) is 23.6. The summed E-state index contributed by atoms with van der Waals surface area (Å²) in [6.45, 7) is 10.6. The summed E-state index contributed by atoms with van der Waals surface area (Å²) in [6.07, 6.45) is 3.47. The first kappa shape index (κ1) is 54.4. The van der Waals surface area contributed by atoms with Crippen LogP contribution in [0.1, 0.15) is 57.5 Å². The zero-order valence-electron chi connectivity index (χ0n) is 39.8. The Balaban J connectivity index is 0.765. The third kappa shape index (κ3) is 19.8. The summed E-state index contributed by atoms with van der Waals surface area (Å²) in [6, 6.07) is 26.5. The number of amides is 3. The van der Waals surface area contributed by atoms with Crippen molar-refractivity contribution in [3.8, 4) is 5.75 Å². The minimum atomic E-state index is -0.282. The van der Waals surface area contributed by atoms with Crippen LogP contribution in [0, 0.1) is 0 Å². The lowest BCUT2D eigenvalue weighted by atomic mass is 10.1. The van der Waals surface area contributed by atoms with Gasteiger partial charge in [-0.3, -0.25) is 19.7 Å². The zero-order chi connectivity index (χ0) is 49.6. The predicted molar refractivity (Wildman–Crippen MR) is 268 cm³/mol. The molecule has 0 aliphatic rings. The fourth-order valence-electron chi connectivity index (χ4n) is 6.79. The maximum atomic E-state index is 13.1. The van der Waals surface area contributed by atoms with E-state index >= 15 is 0 Å². The van der Waals surface area contributed by atoms with Crippen LogP contribution in [0.3, 0.4) is 0 Å². The number of ether oxygens (including phenoxy) is 6. The number of rotatable bonds is 35. The molecule has 0 unspecified atom stereocenters. The van der Waals surface area contributed by atoms with Crippen molar-refractivity contribution in [3.63, 3.8) is 0 Å². The number of para-hydroxylation sites is 2. The first-order valence-corrected chi connectivity index (χ1v) is 23.6. The largest absolute Gasteiger partial charge is 0.506 e. The molecule has 19 nitrogen and oxygen atoms in total. The molecule has 0 fully saturated rings. The van der Waals surface area contributed by atoms with Crippen LogP contribution in [0.15, 0.2) is 108 Å². The van der Waals surface area contributed by atoms with Gasteiger partial charge in [-0.25, -0.2) is 4.98 Å². The Morgan fingerprint density at radius 1 is 0.643 bits per heavy atom. The molecule has 0 saturated heterocycles. The molecule has 0 saturated carbocycles. The summed E-state index contributed by atoms with van der Waals surface area (Å²) >= 11 is 0. The van der Waals surface area contributed by atoms with Gasteiger partial charge in [-0.05, 0) is 104 Å². The van der Waals surface area contributed by atoms with Gasteiger partial charge in [0, 0.05) is 42.9 Å². The van der Waals surface area contributed by atoms with Crippen molar-refractivity contribution < 1.29 is 47.9 Å². The Kier molecular flexibility index (Phi) is 24.5. The van der Waals surface area contributed by atoms with E-state index in [1.807, 2.05) is 28.8 Å². The lowest BCUT2D eigenvalue weighted by Gasteiger charge is -2.11. The molecule has 70 heavy (non-hydrogen) atoms. The number of benzene rings is 4. The van der Waals surface area contributed by atoms with Gasteiger partial charge in [-0.15, -0.1) is 5.11 Å². The van der Waals surface area contributed by atoms with Crippen LogP contribution in [0.2, 0.25) is 0 Å². The quantitative estimate of drug-likeness (QED) is 0.0200. The number of nitrogens with one attached hydrogen (secondary N) is 3. The molecule has 376 valence electrons. The highest BCUT2D eigenvalue weighted by Crippen LogP contribution is 2.29. The molecule has 0 bridgehead atoms. The predicted octanol–water partition coefficient (Wildman–Crippen LogP) is 6.05. The number of nitrogens with zero attached hydrogens (tertiary/aromatic N) is 4. The number of hydrogen-bond donors (Lipinski definition) is 6. The van der Waals surface area contributed by atoms with Crippen LogP contribution < -0.4 is 27.4 Å². The van der Waals surface area contributed by atoms with Gasteiger partial charge in [-0.1, -0.05) is 36.9 Å². The van der Waals surface area contributed by atoms with Gasteiger partial charge in [0.15, 0.2) is 0 Å². The number of nitrogens with two attached hydrogens (primary N) is 2. The topological polar surface area (TPSA) is 257 Å². The Hall–Kier alpha value is -6.58. The monoisotopic (exact) mass is 966 g/mol. The normalized spacial score (nSPS) is 11.3. The summed E-state index contributed by atoms with van der Waals surface area (Å²) in [4.78, 5) is 42.5. The van der Waals surface area contributed by atoms with E-state index in [-0.39, 0.29) is 29.9 Å². The average molecular weight is 966 g/mol. The third-order valence-corrected chi connectivity index (χ3v) is 10.5. The number of hydrogen-bond acceptors (Lipinski definition) is 15. The molecule has 19 heteroatoms. The van der Waals surface area contributed by atoms with E-state index in [9.17, 15) is 19.5 Å². The smallest absolute Gasteiger partial charge is 0.257 e. The van der Waals surface area contributed by atoms with Crippen molar-refractivity contribution in [2.24, 2.45) is 21.7 Å². The average Bonchev–Trinajstić information content (AvgIpc) is 3.71. The first-order chi connectivity index (χ1) is 34.2. The lowest BCUT2D eigenvalue weighted by Crippen LogP contribution is -2.27. The molecule has 8 N–H and O–H groups in total. The van der Waals surface area contributed by atoms with Gasteiger partial charge < -0.3 is 60.2 Å². The SMILES string of the molecule is C=C(N)c1cccc(C(=O)Nc2nc3ccccc3n2CCCCCNC(=O)CCOCCOCCOCCOCCOCCOCCNC(=O)c2ccc(N=Nc3cc(CCN)ccc3O)cc2)c1. The molecular weight excluding hydrogens is 899 g/mol. The number of aromatic nitrogens is 2. The van der Waals surface area contributed by atoms with Gasteiger partial charge in [-0.2, -0.15) is 5.11 Å². The number of azo groups is 1. The Labute approximate surface area is 408 Å². The maximum Gasteiger partial charge on any atom is 0.257 e. The number of unbranched alkanes of at least 4 members (excludes halogenated alkanes) is 2. The van der Waals surface area contributed by atoms with Crippen molar-refractivity contribution in [1.82, 2.24) is 20.2 Å². The molecule has 0 atom stereocenters. The van der Waals surface area contributed by atoms with Crippen LogP contribution in [0.4, 0.5) is 17.3 Å². The number of phenols is 1. The van der Waals surface area contributed by atoms with E-state index in [2.05, 4.69) is 37.7 Å². The molecule has 0 radical (unpaired) electrons. The number of phenolic OH excluding ortho intramolecular Hbond substituents is 1.